The Morgan fingerprint density at radius 3 is 2.91 bits per heavy atom. The van der Waals surface area contributed by atoms with Crippen LogP contribution in [-0.2, 0) is 0 Å². The molecule has 0 aliphatic carbocycles. The van der Waals surface area contributed by atoms with Crippen LogP contribution in [0.25, 0.3) is 21.9 Å². The van der Waals surface area contributed by atoms with Gasteiger partial charge in [-0.05, 0) is 30.3 Å². The highest BCUT2D eigenvalue weighted by molar-refractivity contribution is 6.12. The van der Waals surface area contributed by atoms with Crippen LogP contribution in [0.3, 0.4) is 0 Å². The summed E-state index contributed by atoms with van der Waals surface area (Å²) in [5.41, 5.74) is 1.90. The second kappa shape index (κ2) is 5.10. The SMILES string of the molecule is O=C(Nc1ccc2oc(=O)ccc2c1)c1cccc2cn[nH]c12. The summed E-state index contributed by atoms with van der Waals surface area (Å²) in [4.78, 5) is 23.7. The van der Waals surface area contributed by atoms with Gasteiger partial charge in [-0.1, -0.05) is 12.1 Å². The molecule has 2 heterocycles. The summed E-state index contributed by atoms with van der Waals surface area (Å²) in [6.07, 6.45) is 1.67. The number of H-pyrrole nitrogens is 1. The number of carbonyl (C=O) groups is 1. The van der Waals surface area contributed by atoms with Crippen molar-refractivity contribution in [2.24, 2.45) is 0 Å². The highest BCUT2D eigenvalue weighted by atomic mass is 16.4. The molecule has 6 nitrogen and oxygen atoms in total. The van der Waals surface area contributed by atoms with Gasteiger partial charge in [-0.3, -0.25) is 9.89 Å². The van der Waals surface area contributed by atoms with E-state index in [9.17, 15) is 9.59 Å². The van der Waals surface area contributed by atoms with Gasteiger partial charge in [0.1, 0.15) is 5.58 Å². The van der Waals surface area contributed by atoms with Crippen LogP contribution < -0.4 is 10.9 Å². The smallest absolute Gasteiger partial charge is 0.336 e. The van der Waals surface area contributed by atoms with Crippen molar-refractivity contribution < 1.29 is 9.21 Å². The van der Waals surface area contributed by atoms with E-state index in [-0.39, 0.29) is 5.91 Å². The molecule has 0 fully saturated rings. The molecular formula is C17H11N3O3. The molecule has 6 heteroatoms. The van der Waals surface area contributed by atoms with Crippen LogP contribution in [0, 0.1) is 0 Å². The molecule has 2 aromatic heterocycles. The quantitative estimate of drug-likeness (QED) is 0.557. The number of para-hydroxylation sites is 1. The van der Waals surface area contributed by atoms with Gasteiger partial charge in [-0.2, -0.15) is 5.10 Å². The number of hydrogen-bond acceptors (Lipinski definition) is 4. The monoisotopic (exact) mass is 305 g/mol. The van der Waals surface area contributed by atoms with Crippen molar-refractivity contribution in [2.45, 2.75) is 0 Å². The van der Waals surface area contributed by atoms with E-state index in [1.165, 1.54) is 6.07 Å². The lowest BCUT2D eigenvalue weighted by Gasteiger charge is -2.07. The number of aromatic nitrogens is 2. The zero-order chi connectivity index (χ0) is 15.8. The third kappa shape index (κ3) is 2.36. The summed E-state index contributed by atoms with van der Waals surface area (Å²) in [5, 5.41) is 11.2. The molecule has 0 bridgehead atoms. The maximum Gasteiger partial charge on any atom is 0.336 e. The van der Waals surface area contributed by atoms with Crippen molar-refractivity contribution in [3.8, 4) is 0 Å². The van der Waals surface area contributed by atoms with Crippen molar-refractivity contribution in [3.05, 3.63) is 70.7 Å². The molecule has 0 spiro atoms. The predicted molar refractivity (Wildman–Crippen MR) is 86.5 cm³/mol. The lowest BCUT2D eigenvalue weighted by atomic mass is 10.1. The fourth-order valence-corrected chi connectivity index (χ4v) is 2.51. The van der Waals surface area contributed by atoms with Gasteiger partial charge in [0, 0.05) is 22.5 Å². The van der Waals surface area contributed by atoms with Gasteiger partial charge in [-0.15, -0.1) is 0 Å². The molecule has 112 valence electrons. The van der Waals surface area contributed by atoms with Crippen LogP contribution in [-0.4, -0.2) is 16.1 Å². The Labute approximate surface area is 129 Å². The Balaban J connectivity index is 1.70. The zero-order valence-electron chi connectivity index (χ0n) is 11.9. The van der Waals surface area contributed by atoms with E-state index in [1.54, 1.807) is 36.5 Å². The molecule has 1 amide bonds. The Hall–Kier alpha value is -3.41. The van der Waals surface area contributed by atoms with Crippen LogP contribution in [0.4, 0.5) is 5.69 Å². The first-order valence-corrected chi connectivity index (χ1v) is 6.98. The minimum Gasteiger partial charge on any atom is -0.423 e. The number of benzene rings is 2. The minimum atomic E-state index is -0.403. The molecule has 0 atom stereocenters. The molecule has 0 aliphatic rings. The average molecular weight is 305 g/mol. The Bertz CT molecular complexity index is 1090. The van der Waals surface area contributed by atoms with E-state index in [1.807, 2.05) is 12.1 Å². The summed E-state index contributed by atoms with van der Waals surface area (Å²) in [7, 11) is 0. The van der Waals surface area contributed by atoms with E-state index in [0.29, 0.717) is 22.4 Å². The van der Waals surface area contributed by atoms with Crippen molar-refractivity contribution in [1.29, 1.82) is 0 Å². The molecule has 2 N–H and O–H groups in total. The Kier molecular flexibility index (Phi) is 2.94. The molecule has 0 unspecified atom stereocenters. The highest BCUT2D eigenvalue weighted by Crippen LogP contribution is 2.20. The Morgan fingerprint density at radius 1 is 1.09 bits per heavy atom. The number of nitrogens with zero attached hydrogens (tertiary/aromatic N) is 1. The van der Waals surface area contributed by atoms with Gasteiger partial charge in [0.05, 0.1) is 17.3 Å². The van der Waals surface area contributed by atoms with E-state index < -0.39 is 5.63 Å². The average Bonchev–Trinajstić information content (AvgIpc) is 3.03. The van der Waals surface area contributed by atoms with Gasteiger partial charge in [0.2, 0.25) is 0 Å². The number of anilines is 1. The van der Waals surface area contributed by atoms with Gasteiger partial charge < -0.3 is 9.73 Å². The largest absolute Gasteiger partial charge is 0.423 e. The molecule has 0 radical (unpaired) electrons. The van der Waals surface area contributed by atoms with E-state index in [0.717, 1.165) is 10.8 Å². The Morgan fingerprint density at radius 2 is 2.00 bits per heavy atom. The lowest BCUT2D eigenvalue weighted by Crippen LogP contribution is -2.12. The van der Waals surface area contributed by atoms with E-state index in [4.69, 9.17) is 4.42 Å². The molecule has 4 aromatic rings. The fourth-order valence-electron chi connectivity index (χ4n) is 2.51. The van der Waals surface area contributed by atoms with Gasteiger partial charge in [0.15, 0.2) is 0 Å². The third-order valence-electron chi connectivity index (χ3n) is 3.60. The maximum atomic E-state index is 12.5. The standard InChI is InChI=1S/C17H11N3O3/c21-15-7-4-10-8-12(5-6-14(10)23-15)19-17(22)13-3-1-2-11-9-18-20-16(11)13/h1-9H,(H,18,20)(H,19,22). The topological polar surface area (TPSA) is 88.0 Å². The number of carbonyl (C=O) groups excluding carboxylic acids is 1. The number of aromatic amines is 1. The maximum absolute atomic E-state index is 12.5. The van der Waals surface area contributed by atoms with Crippen molar-refractivity contribution in [3.63, 3.8) is 0 Å². The summed E-state index contributed by atoms with van der Waals surface area (Å²) >= 11 is 0. The number of rotatable bonds is 2. The second-order valence-corrected chi connectivity index (χ2v) is 5.10. The number of nitrogens with one attached hydrogen (secondary N) is 2. The third-order valence-corrected chi connectivity index (χ3v) is 3.60. The van der Waals surface area contributed by atoms with Crippen LogP contribution in [0.1, 0.15) is 10.4 Å². The van der Waals surface area contributed by atoms with Crippen molar-refractivity contribution >= 4 is 33.5 Å². The van der Waals surface area contributed by atoms with Crippen molar-refractivity contribution in [2.75, 3.05) is 5.32 Å². The number of amides is 1. The summed E-state index contributed by atoms with van der Waals surface area (Å²) in [6.45, 7) is 0. The van der Waals surface area contributed by atoms with Crippen molar-refractivity contribution in [1.82, 2.24) is 10.2 Å². The van der Waals surface area contributed by atoms with Crippen LogP contribution in [0.5, 0.6) is 0 Å². The molecule has 23 heavy (non-hydrogen) atoms. The molecule has 0 saturated carbocycles. The van der Waals surface area contributed by atoms with Gasteiger partial charge in [-0.25, -0.2) is 4.79 Å². The molecule has 2 aromatic carbocycles. The zero-order valence-corrected chi connectivity index (χ0v) is 11.9. The second-order valence-electron chi connectivity index (χ2n) is 5.10. The molecule has 4 rings (SSSR count). The lowest BCUT2D eigenvalue weighted by molar-refractivity contribution is 0.102. The van der Waals surface area contributed by atoms with Crippen LogP contribution >= 0.6 is 0 Å². The summed E-state index contributed by atoms with van der Waals surface area (Å²) in [6, 6.07) is 13.5. The van der Waals surface area contributed by atoms with Crippen LogP contribution in [0.2, 0.25) is 0 Å². The summed E-state index contributed by atoms with van der Waals surface area (Å²) in [5.74, 6) is -0.239. The number of hydrogen-bond donors (Lipinski definition) is 2. The van der Waals surface area contributed by atoms with Gasteiger partial charge >= 0.3 is 5.63 Å². The molecule has 0 saturated heterocycles. The first-order valence-electron chi connectivity index (χ1n) is 6.98. The van der Waals surface area contributed by atoms with Crippen LogP contribution in [0.15, 0.2) is 63.9 Å². The van der Waals surface area contributed by atoms with E-state index >= 15 is 0 Å². The summed E-state index contributed by atoms with van der Waals surface area (Å²) < 4.78 is 5.07. The van der Waals surface area contributed by atoms with E-state index in [2.05, 4.69) is 15.5 Å². The minimum absolute atomic E-state index is 0.239. The number of fused-ring (bicyclic) bond motifs is 2. The fraction of sp³-hybridized carbons (Fsp3) is 0. The normalized spacial score (nSPS) is 11.0. The molecule has 0 aliphatic heterocycles. The van der Waals surface area contributed by atoms with Gasteiger partial charge in [0.25, 0.3) is 5.91 Å². The molecular weight excluding hydrogens is 294 g/mol. The highest BCUT2D eigenvalue weighted by Gasteiger charge is 2.12. The first-order chi connectivity index (χ1) is 11.2. The predicted octanol–water partition coefficient (Wildman–Crippen LogP) is 2.92. The first kappa shape index (κ1) is 13.3.